The van der Waals surface area contributed by atoms with Crippen molar-refractivity contribution in [1.82, 2.24) is 15.1 Å². The standard InChI is InChI=1S/C18H26ClN3O3/c1-12-9-15(10-13(2)17(12)19)25-11-16(23)22-7-5-14(6-8-22)20-18(24)21(3)4/h9-10,14H,5-8,11H2,1-4H3,(H,20,24). The molecular formula is C18H26ClN3O3. The third-order valence-corrected chi connectivity index (χ3v) is 4.95. The van der Waals surface area contributed by atoms with Gasteiger partial charge < -0.3 is 19.9 Å². The van der Waals surface area contributed by atoms with Crippen LogP contribution in [0.5, 0.6) is 5.75 Å². The minimum Gasteiger partial charge on any atom is -0.484 e. The lowest BCUT2D eigenvalue weighted by molar-refractivity contribution is -0.134. The van der Waals surface area contributed by atoms with Crippen LogP contribution in [0.4, 0.5) is 4.79 Å². The summed E-state index contributed by atoms with van der Waals surface area (Å²) in [4.78, 5) is 27.3. The normalized spacial score (nSPS) is 15.0. The van der Waals surface area contributed by atoms with Crippen LogP contribution in [0.3, 0.4) is 0 Å². The number of nitrogens with zero attached hydrogens (tertiary/aromatic N) is 2. The van der Waals surface area contributed by atoms with Crippen molar-refractivity contribution in [2.75, 3.05) is 33.8 Å². The van der Waals surface area contributed by atoms with E-state index in [1.54, 1.807) is 19.0 Å². The Kier molecular flexibility index (Phi) is 6.53. The monoisotopic (exact) mass is 367 g/mol. The van der Waals surface area contributed by atoms with Crippen molar-refractivity contribution in [2.24, 2.45) is 0 Å². The number of likely N-dealkylation sites (tertiary alicyclic amines) is 1. The molecule has 2 rings (SSSR count). The molecule has 1 heterocycles. The molecule has 0 atom stereocenters. The molecule has 25 heavy (non-hydrogen) atoms. The number of amides is 3. The van der Waals surface area contributed by atoms with Crippen molar-refractivity contribution in [2.45, 2.75) is 32.7 Å². The van der Waals surface area contributed by atoms with Crippen LogP contribution < -0.4 is 10.1 Å². The van der Waals surface area contributed by atoms with Gasteiger partial charge in [-0.1, -0.05) is 11.6 Å². The number of rotatable bonds is 4. The van der Waals surface area contributed by atoms with Crippen LogP contribution in [0.1, 0.15) is 24.0 Å². The number of carbonyl (C=O) groups excluding carboxylic acids is 2. The second kappa shape index (κ2) is 8.43. The number of hydrogen-bond acceptors (Lipinski definition) is 3. The van der Waals surface area contributed by atoms with Gasteiger partial charge in [-0.25, -0.2) is 4.79 Å². The van der Waals surface area contributed by atoms with E-state index >= 15 is 0 Å². The first kappa shape index (κ1) is 19.4. The van der Waals surface area contributed by atoms with E-state index in [9.17, 15) is 9.59 Å². The number of hydrogen-bond donors (Lipinski definition) is 1. The predicted molar refractivity (Wildman–Crippen MR) is 98.2 cm³/mol. The highest BCUT2D eigenvalue weighted by molar-refractivity contribution is 6.32. The van der Waals surface area contributed by atoms with Gasteiger partial charge in [0.05, 0.1) is 0 Å². The molecule has 6 nitrogen and oxygen atoms in total. The summed E-state index contributed by atoms with van der Waals surface area (Å²) in [6, 6.07) is 3.69. The summed E-state index contributed by atoms with van der Waals surface area (Å²) >= 11 is 6.14. The Bertz CT molecular complexity index is 617. The molecule has 1 aliphatic rings. The van der Waals surface area contributed by atoms with Gasteiger partial charge in [-0.3, -0.25) is 4.79 Å². The number of benzene rings is 1. The molecule has 0 saturated carbocycles. The Morgan fingerprint density at radius 3 is 2.32 bits per heavy atom. The molecule has 1 aromatic rings. The second-order valence-corrected chi connectivity index (χ2v) is 7.04. The third-order valence-electron chi connectivity index (χ3n) is 4.35. The average molecular weight is 368 g/mol. The number of nitrogens with one attached hydrogen (secondary N) is 1. The number of aryl methyl sites for hydroxylation is 2. The molecule has 0 aromatic heterocycles. The second-order valence-electron chi connectivity index (χ2n) is 6.66. The first-order chi connectivity index (χ1) is 11.8. The van der Waals surface area contributed by atoms with E-state index in [0.29, 0.717) is 18.8 Å². The van der Waals surface area contributed by atoms with Gasteiger partial charge in [0.25, 0.3) is 5.91 Å². The number of urea groups is 1. The quantitative estimate of drug-likeness (QED) is 0.889. The lowest BCUT2D eigenvalue weighted by Gasteiger charge is -2.32. The van der Waals surface area contributed by atoms with E-state index in [4.69, 9.17) is 16.3 Å². The fourth-order valence-electron chi connectivity index (χ4n) is 2.80. The lowest BCUT2D eigenvalue weighted by atomic mass is 10.1. The van der Waals surface area contributed by atoms with Gasteiger partial charge >= 0.3 is 6.03 Å². The fraction of sp³-hybridized carbons (Fsp3) is 0.556. The third kappa shape index (κ3) is 5.26. The summed E-state index contributed by atoms with van der Waals surface area (Å²) in [5, 5.41) is 3.68. The highest BCUT2D eigenvalue weighted by Gasteiger charge is 2.24. The smallest absolute Gasteiger partial charge is 0.317 e. The van der Waals surface area contributed by atoms with Crippen molar-refractivity contribution >= 4 is 23.5 Å². The van der Waals surface area contributed by atoms with Crippen LogP contribution in [0.15, 0.2) is 12.1 Å². The highest BCUT2D eigenvalue weighted by Crippen LogP contribution is 2.25. The molecule has 0 bridgehead atoms. The molecule has 0 aliphatic carbocycles. The molecule has 1 saturated heterocycles. The molecule has 138 valence electrons. The van der Waals surface area contributed by atoms with Crippen molar-refractivity contribution in [3.63, 3.8) is 0 Å². The number of carbonyl (C=O) groups is 2. The molecule has 1 fully saturated rings. The minimum absolute atomic E-state index is 0.00916. The van der Waals surface area contributed by atoms with Crippen molar-refractivity contribution in [3.05, 3.63) is 28.3 Å². The van der Waals surface area contributed by atoms with Crippen LogP contribution in [0, 0.1) is 13.8 Å². The van der Waals surface area contributed by atoms with Gasteiger partial charge in [0.1, 0.15) is 5.75 Å². The van der Waals surface area contributed by atoms with E-state index in [1.165, 1.54) is 4.90 Å². The van der Waals surface area contributed by atoms with E-state index in [1.807, 2.05) is 26.0 Å². The maximum Gasteiger partial charge on any atom is 0.317 e. The van der Waals surface area contributed by atoms with Crippen LogP contribution in [-0.4, -0.2) is 61.6 Å². The predicted octanol–water partition coefficient (Wildman–Crippen LogP) is 2.60. The summed E-state index contributed by atoms with van der Waals surface area (Å²) in [6.07, 6.45) is 1.51. The molecule has 1 aliphatic heterocycles. The topological polar surface area (TPSA) is 61.9 Å². The van der Waals surface area contributed by atoms with Crippen LogP contribution in [0.2, 0.25) is 5.02 Å². The minimum atomic E-state index is -0.0958. The fourth-order valence-corrected chi connectivity index (χ4v) is 2.91. The lowest BCUT2D eigenvalue weighted by Crippen LogP contribution is -2.49. The van der Waals surface area contributed by atoms with Gasteiger partial charge in [0.2, 0.25) is 0 Å². The summed E-state index contributed by atoms with van der Waals surface area (Å²) in [6.45, 7) is 5.08. The number of halogens is 1. The zero-order valence-corrected chi connectivity index (χ0v) is 16.0. The molecule has 3 amide bonds. The highest BCUT2D eigenvalue weighted by atomic mass is 35.5. The number of ether oxygens (including phenoxy) is 1. The first-order valence-electron chi connectivity index (χ1n) is 8.43. The van der Waals surface area contributed by atoms with Crippen LogP contribution in [0.25, 0.3) is 0 Å². The summed E-state index contributed by atoms with van der Waals surface area (Å²) < 4.78 is 5.63. The molecule has 7 heteroatoms. The molecule has 1 aromatic carbocycles. The zero-order chi connectivity index (χ0) is 18.6. The van der Waals surface area contributed by atoms with E-state index < -0.39 is 0 Å². The Balaban J connectivity index is 1.80. The largest absolute Gasteiger partial charge is 0.484 e. The maximum atomic E-state index is 12.3. The summed E-state index contributed by atoms with van der Waals surface area (Å²) in [5.41, 5.74) is 1.86. The van der Waals surface area contributed by atoms with Gasteiger partial charge in [-0.05, 0) is 49.9 Å². The van der Waals surface area contributed by atoms with Gasteiger partial charge in [-0.2, -0.15) is 0 Å². The van der Waals surface area contributed by atoms with E-state index in [2.05, 4.69) is 5.32 Å². The van der Waals surface area contributed by atoms with Crippen LogP contribution >= 0.6 is 11.6 Å². The van der Waals surface area contributed by atoms with Crippen molar-refractivity contribution in [1.29, 1.82) is 0 Å². The summed E-state index contributed by atoms with van der Waals surface area (Å²) in [7, 11) is 3.43. The molecule has 0 spiro atoms. The van der Waals surface area contributed by atoms with Crippen molar-refractivity contribution < 1.29 is 14.3 Å². The number of piperidine rings is 1. The van der Waals surface area contributed by atoms with Gasteiger partial charge in [0, 0.05) is 38.2 Å². The van der Waals surface area contributed by atoms with Crippen molar-refractivity contribution in [3.8, 4) is 5.75 Å². The molecule has 0 unspecified atom stereocenters. The average Bonchev–Trinajstić information content (AvgIpc) is 2.57. The molecule has 1 N–H and O–H groups in total. The van der Waals surface area contributed by atoms with Gasteiger partial charge in [-0.15, -0.1) is 0 Å². The molecular weight excluding hydrogens is 342 g/mol. The Morgan fingerprint density at radius 2 is 1.80 bits per heavy atom. The summed E-state index contributed by atoms with van der Waals surface area (Å²) in [5.74, 6) is 0.614. The Hall–Kier alpha value is -1.95. The van der Waals surface area contributed by atoms with E-state index in [-0.39, 0.29) is 24.6 Å². The van der Waals surface area contributed by atoms with Gasteiger partial charge in [0.15, 0.2) is 6.61 Å². The first-order valence-corrected chi connectivity index (χ1v) is 8.81. The SMILES string of the molecule is Cc1cc(OCC(=O)N2CCC(NC(=O)N(C)C)CC2)cc(C)c1Cl. The maximum absolute atomic E-state index is 12.3. The van der Waals surface area contributed by atoms with Crippen LogP contribution in [-0.2, 0) is 4.79 Å². The Morgan fingerprint density at radius 1 is 1.24 bits per heavy atom. The Labute approximate surface area is 154 Å². The zero-order valence-electron chi connectivity index (χ0n) is 15.3. The molecule has 0 radical (unpaired) electrons. The van der Waals surface area contributed by atoms with E-state index in [0.717, 1.165) is 29.0 Å².